The zero-order chi connectivity index (χ0) is 23.0. The standard InChI is InChI=1S/C19H8Cl2F5N3O2/c1-7-10(5-8-4-9(20)6-11(21)18(8)31-3-2-27)19(30)29(28-7)17-15(25)13(23)12(22)14(24)16(17)26/h4-6H,3H2,1H3/b10-5-. The van der Waals surface area contributed by atoms with E-state index in [4.69, 9.17) is 33.2 Å². The highest BCUT2D eigenvalue weighted by Crippen LogP contribution is 2.37. The van der Waals surface area contributed by atoms with E-state index in [0.717, 1.165) is 6.08 Å². The second-order valence-corrected chi connectivity index (χ2v) is 6.88. The smallest absolute Gasteiger partial charge is 0.280 e. The van der Waals surface area contributed by atoms with Gasteiger partial charge in [-0.1, -0.05) is 23.2 Å². The van der Waals surface area contributed by atoms with Crippen molar-refractivity contribution in [3.05, 3.63) is 62.4 Å². The molecule has 0 aliphatic carbocycles. The lowest BCUT2D eigenvalue weighted by atomic mass is 10.1. The Hall–Kier alpha value is -3.16. The zero-order valence-electron chi connectivity index (χ0n) is 15.2. The summed E-state index contributed by atoms with van der Waals surface area (Å²) in [5.41, 5.74) is -1.76. The molecule has 5 nitrogen and oxygen atoms in total. The van der Waals surface area contributed by atoms with E-state index in [-0.39, 0.29) is 37.7 Å². The normalized spacial score (nSPS) is 14.8. The summed E-state index contributed by atoms with van der Waals surface area (Å²) >= 11 is 12.0. The van der Waals surface area contributed by atoms with E-state index in [9.17, 15) is 26.7 Å². The van der Waals surface area contributed by atoms with Gasteiger partial charge in [0.25, 0.3) is 5.91 Å². The van der Waals surface area contributed by atoms with Crippen molar-refractivity contribution >= 4 is 46.6 Å². The van der Waals surface area contributed by atoms with Crippen LogP contribution in [0.25, 0.3) is 6.08 Å². The fourth-order valence-electron chi connectivity index (χ4n) is 2.71. The predicted octanol–water partition coefficient (Wildman–Crippen LogP) is 5.40. The minimum Gasteiger partial charge on any atom is -0.477 e. The first-order chi connectivity index (χ1) is 14.6. The molecule has 0 bridgehead atoms. The van der Waals surface area contributed by atoms with Gasteiger partial charge in [-0.25, -0.2) is 22.0 Å². The van der Waals surface area contributed by atoms with Crippen molar-refractivity contribution in [2.24, 2.45) is 5.10 Å². The van der Waals surface area contributed by atoms with Crippen LogP contribution >= 0.6 is 23.2 Å². The number of carbonyl (C=O) groups is 1. The third-order valence-corrected chi connectivity index (χ3v) is 4.58. The Bertz CT molecular complexity index is 1200. The maximum atomic E-state index is 14.1. The number of hydrogen-bond donors (Lipinski definition) is 0. The molecule has 12 heteroatoms. The zero-order valence-corrected chi connectivity index (χ0v) is 16.8. The molecule has 0 fully saturated rings. The number of hydrogen-bond acceptors (Lipinski definition) is 4. The molecule has 0 atom stereocenters. The Morgan fingerprint density at radius 2 is 1.68 bits per heavy atom. The molecule has 31 heavy (non-hydrogen) atoms. The number of rotatable bonds is 4. The van der Waals surface area contributed by atoms with Gasteiger partial charge < -0.3 is 4.74 Å². The molecule has 2 aromatic carbocycles. The third kappa shape index (κ3) is 3.94. The highest BCUT2D eigenvalue weighted by molar-refractivity contribution is 6.36. The average molecular weight is 476 g/mol. The molecule has 0 radical (unpaired) electrons. The van der Waals surface area contributed by atoms with Crippen molar-refractivity contribution in [1.29, 1.82) is 5.26 Å². The largest absolute Gasteiger partial charge is 0.477 e. The molecule has 0 N–H and O–H groups in total. The van der Waals surface area contributed by atoms with Gasteiger partial charge >= 0.3 is 0 Å². The van der Waals surface area contributed by atoms with Gasteiger partial charge in [0.1, 0.15) is 17.5 Å². The summed E-state index contributed by atoms with van der Waals surface area (Å²) < 4.78 is 73.9. The van der Waals surface area contributed by atoms with E-state index in [0.29, 0.717) is 0 Å². The number of ether oxygens (including phenoxy) is 1. The van der Waals surface area contributed by atoms with E-state index in [2.05, 4.69) is 5.10 Å². The van der Waals surface area contributed by atoms with Gasteiger partial charge in [-0.3, -0.25) is 4.79 Å². The van der Waals surface area contributed by atoms with Crippen molar-refractivity contribution in [2.75, 3.05) is 11.6 Å². The molecule has 1 aliphatic heterocycles. The molecule has 0 saturated heterocycles. The van der Waals surface area contributed by atoms with Crippen LogP contribution in [0.4, 0.5) is 27.6 Å². The number of carbonyl (C=O) groups excluding carboxylic acids is 1. The van der Waals surface area contributed by atoms with Crippen molar-refractivity contribution in [1.82, 2.24) is 0 Å². The van der Waals surface area contributed by atoms with Crippen LogP contribution in [0.3, 0.4) is 0 Å². The lowest BCUT2D eigenvalue weighted by Gasteiger charge is -2.15. The highest BCUT2D eigenvalue weighted by atomic mass is 35.5. The van der Waals surface area contributed by atoms with Crippen LogP contribution in [0, 0.1) is 40.4 Å². The number of nitriles is 1. The van der Waals surface area contributed by atoms with E-state index < -0.39 is 47.3 Å². The Kier molecular flexibility index (Phi) is 6.20. The summed E-state index contributed by atoms with van der Waals surface area (Å²) in [6.07, 6.45) is 1.15. The first kappa shape index (κ1) is 22.5. The second-order valence-electron chi connectivity index (χ2n) is 6.03. The van der Waals surface area contributed by atoms with Gasteiger partial charge in [-0.15, -0.1) is 0 Å². The maximum absolute atomic E-state index is 14.1. The molecule has 0 aromatic heterocycles. The Morgan fingerprint density at radius 3 is 2.26 bits per heavy atom. The molecule has 0 unspecified atom stereocenters. The first-order valence-electron chi connectivity index (χ1n) is 8.20. The molecular weight excluding hydrogens is 468 g/mol. The van der Waals surface area contributed by atoms with Gasteiger partial charge in [0.05, 0.1) is 16.3 Å². The molecule has 160 valence electrons. The van der Waals surface area contributed by atoms with Crippen LogP contribution in [-0.4, -0.2) is 18.2 Å². The van der Waals surface area contributed by atoms with Crippen LogP contribution in [0.15, 0.2) is 22.8 Å². The minimum absolute atomic E-state index is 0.00580. The van der Waals surface area contributed by atoms with E-state index in [1.54, 1.807) is 6.07 Å². The van der Waals surface area contributed by atoms with Crippen LogP contribution < -0.4 is 9.75 Å². The van der Waals surface area contributed by atoms with Gasteiger partial charge in [-0.05, 0) is 25.1 Å². The molecule has 0 spiro atoms. The summed E-state index contributed by atoms with van der Waals surface area (Å²) in [4.78, 5) is 12.7. The maximum Gasteiger partial charge on any atom is 0.280 e. The summed E-state index contributed by atoms with van der Waals surface area (Å²) in [7, 11) is 0. The molecule has 0 saturated carbocycles. The molecular formula is C19H8Cl2F5N3O2. The predicted molar refractivity (Wildman–Crippen MR) is 102 cm³/mol. The van der Waals surface area contributed by atoms with Crippen molar-refractivity contribution < 1.29 is 31.5 Å². The molecule has 1 heterocycles. The minimum atomic E-state index is -2.37. The van der Waals surface area contributed by atoms with Gasteiger partial charge in [0.15, 0.2) is 29.9 Å². The molecule has 1 amide bonds. The molecule has 1 aliphatic rings. The number of benzene rings is 2. The Balaban J connectivity index is 2.12. The fourth-order valence-corrected chi connectivity index (χ4v) is 3.28. The number of nitrogens with zero attached hydrogens (tertiary/aromatic N) is 3. The number of amides is 1. The SMILES string of the molecule is CC1=NN(c2c(F)c(F)c(F)c(F)c2F)C(=O)/C1=C\c1cc(Cl)cc(Cl)c1OCC#N. The van der Waals surface area contributed by atoms with Gasteiger partial charge in [-0.2, -0.15) is 15.4 Å². The van der Waals surface area contributed by atoms with Gasteiger partial charge in [0, 0.05) is 10.6 Å². The first-order valence-corrected chi connectivity index (χ1v) is 8.96. The lowest BCUT2D eigenvalue weighted by Crippen LogP contribution is -2.25. The van der Waals surface area contributed by atoms with Crippen LogP contribution in [0.2, 0.25) is 10.0 Å². The summed E-state index contributed by atoms with van der Waals surface area (Å²) in [5.74, 6) is -12.4. The summed E-state index contributed by atoms with van der Waals surface area (Å²) in [6, 6.07) is 4.38. The topological polar surface area (TPSA) is 65.7 Å². The quantitative estimate of drug-likeness (QED) is 0.257. The second kappa shape index (κ2) is 8.53. The number of anilines is 1. The van der Waals surface area contributed by atoms with Crippen LogP contribution in [0.1, 0.15) is 12.5 Å². The molecule has 3 rings (SSSR count). The van der Waals surface area contributed by atoms with E-state index in [1.807, 2.05) is 0 Å². The van der Waals surface area contributed by atoms with E-state index in [1.165, 1.54) is 19.1 Å². The highest BCUT2D eigenvalue weighted by Gasteiger charge is 2.37. The average Bonchev–Trinajstić information content (AvgIpc) is 2.98. The number of halogens is 7. The lowest BCUT2D eigenvalue weighted by molar-refractivity contribution is -0.114. The Labute approximate surface area is 181 Å². The monoisotopic (exact) mass is 475 g/mol. The van der Waals surface area contributed by atoms with E-state index >= 15 is 0 Å². The van der Waals surface area contributed by atoms with Crippen molar-refractivity contribution in [3.63, 3.8) is 0 Å². The summed E-state index contributed by atoms with van der Waals surface area (Å²) in [5, 5.41) is 12.5. The Morgan fingerprint density at radius 1 is 1.10 bits per heavy atom. The number of hydrazone groups is 1. The summed E-state index contributed by atoms with van der Waals surface area (Å²) in [6.45, 7) is 0.882. The van der Waals surface area contributed by atoms with Crippen molar-refractivity contribution in [3.8, 4) is 11.8 Å². The van der Waals surface area contributed by atoms with Gasteiger partial charge in [0.2, 0.25) is 5.82 Å². The molecule has 2 aromatic rings. The third-order valence-electron chi connectivity index (χ3n) is 4.08. The fraction of sp³-hybridized carbons (Fsp3) is 0.105. The van der Waals surface area contributed by atoms with Crippen LogP contribution in [0.5, 0.6) is 5.75 Å². The van der Waals surface area contributed by atoms with Crippen molar-refractivity contribution in [2.45, 2.75) is 6.92 Å². The van der Waals surface area contributed by atoms with Crippen LogP contribution in [-0.2, 0) is 4.79 Å².